The third-order valence-corrected chi connectivity index (χ3v) is 5.67. The Labute approximate surface area is 201 Å². The number of hydrogen-bond acceptors (Lipinski definition) is 2. The highest BCUT2D eigenvalue weighted by Gasteiger charge is 2.32. The van der Waals surface area contributed by atoms with E-state index in [1.165, 1.54) is 11.0 Å². The minimum Gasteiger partial charge on any atom is -0.350 e. The molecular formula is C29H33FN2O2. The lowest BCUT2D eigenvalue weighted by Gasteiger charge is -2.34. The van der Waals surface area contributed by atoms with Crippen molar-refractivity contribution in [2.75, 3.05) is 0 Å². The Morgan fingerprint density at radius 3 is 2.09 bits per heavy atom. The summed E-state index contributed by atoms with van der Waals surface area (Å²) in [6.07, 6.45) is 0.464. The maximum atomic E-state index is 14.6. The monoisotopic (exact) mass is 460 g/mol. The molecule has 1 atom stereocenters. The molecule has 0 heterocycles. The first-order valence-corrected chi connectivity index (χ1v) is 11.6. The SMILES string of the molecule is Cc1ccccc1CC(=O)N(Cc1ccccc1F)[C@@H](Cc1ccccc1)C(=O)NC(C)(C)C. The van der Waals surface area contributed by atoms with Crippen LogP contribution in [0.2, 0.25) is 0 Å². The van der Waals surface area contributed by atoms with Crippen LogP contribution in [-0.4, -0.2) is 28.3 Å². The Hall–Kier alpha value is -3.47. The molecule has 1 N–H and O–H groups in total. The molecular weight excluding hydrogens is 427 g/mol. The van der Waals surface area contributed by atoms with Gasteiger partial charge in [0, 0.05) is 24.1 Å². The van der Waals surface area contributed by atoms with Crippen molar-refractivity contribution >= 4 is 11.8 Å². The van der Waals surface area contributed by atoms with Gasteiger partial charge in [-0.3, -0.25) is 9.59 Å². The molecule has 0 radical (unpaired) electrons. The number of aryl methyl sites for hydroxylation is 1. The lowest BCUT2D eigenvalue weighted by Crippen LogP contribution is -2.54. The fraction of sp³-hybridized carbons (Fsp3) is 0.310. The van der Waals surface area contributed by atoms with Crippen LogP contribution in [0.3, 0.4) is 0 Å². The van der Waals surface area contributed by atoms with Crippen LogP contribution in [0.15, 0.2) is 78.9 Å². The van der Waals surface area contributed by atoms with Crippen molar-refractivity contribution in [3.05, 3.63) is 107 Å². The van der Waals surface area contributed by atoms with Gasteiger partial charge in [-0.25, -0.2) is 4.39 Å². The van der Waals surface area contributed by atoms with E-state index in [0.717, 1.165) is 16.7 Å². The molecule has 2 amide bonds. The van der Waals surface area contributed by atoms with Gasteiger partial charge in [0.15, 0.2) is 0 Å². The van der Waals surface area contributed by atoms with Crippen LogP contribution >= 0.6 is 0 Å². The number of amides is 2. The fourth-order valence-electron chi connectivity index (χ4n) is 3.89. The molecule has 3 aromatic carbocycles. The summed E-state index contributed by atoms with van der Waals surface area (Å²) in [5, 5.41) is 3.02. The van der Waals surface area contributed by atoms with E-state index in [4.69, 9.17) is 0 Å². The summed E-state index contributed by atoms with van der Waals surface area (Å²) in [7, 11) is 0. The summed E-state index contributed by atoms with van der Waals surface area (Å²) in [4.78, 5) is 28.7. The van der Waals surface area contributed by atoms with Gasteiger partial charge >= 0.3 is 0 Å². The van der Waals surface area contributed by atoms with Crippen LogP contribution in [0.1, 0.15) is 43.0 Å². The van der Waals surface area contributed by atoms with E-state index in [9.17, 15) is 14.0 Å². The normalized spacial score (nSPS) is 12.1. The molecule has 0 aliphatic rings. The maximum Gasteiger partial charge on any atom is 0.243 e. The summed E-state index contributed by atoms with van der Waals surface area (Å²) < 4.78 is 14.6. The first kappa shape index (κ1) is 25.2. The van der Waals surface area contributed by atoms with E-state index in [-0.39, 0.29) is 24.8 Å². The van der Waals surface area contributed by atoms with Gasteiger partial charge in [0.25, 0.3) is 0 Å². The van der Waals surface area contributed by atoms with Gasteiger partial charge in [0.05, 0.1) is 6.42 Å². The van der Waals surface area contributed by atoms with Crippen LogP contribution in [0.5, 0.6) is 0 Å². The van der Waals surface area contributed by atoms with E-state index in [2.05, 4.69) is 5.32 Å². The Morgan fingerprint density at radius 1 is 0.882 bits per heavy atom. The molecule has 178 valence electrons. The summed E-state index contributed by atoms with van der Waals surface area (Å²) in [6, 6.07) is 22.9. The molecule has 3 aromatic rings. The highest BCUT2D eigenvalue weighted by atomic mass is 19.1. The van der Waals surface area contributed by atoms with Gasteiger partial charge in [0.2, 0.25) is 11.8 Å². The maximum absolute atomic E-state index is 14.6. The molecule has 34 heavy (non-hydrogen) atoms. The molecule has 0 spiro atoms. The molecule has 3 rings (SSSR count). The highest BCUT2D eigenvalue weighted by Crippen LogP contribution is 2.19. The average Bonchev–Trinajstić information content (AvgIpc) is 2.78. The van der Waals surface area contributed by atoms with Crippen molar-refractivity contribution in [2.45, 2.75) is 58.7 Å². The Kier molecular flexibility index (Phi) is 8.21. The second kappa shape index (κ2) is 11.1. The van der Waals surface area contributed by atoms with Crippen molar-refractivity contribution < 1.29 is 14.0 Å². The van der Waals surface area contributed by atoms with E-state index in [1.54, 1.807) is 18.2 Å². The van der Waals surface area contributed by atoms with E-state index in [0.29, 0.717) is 12.0 Å². The number of carbonyl (C=O) groups is 2. The summed E-state index contributed by atoms with van der Waals surface area (Å²) in [5.74, 6) is -0.876. The Balaban J connectivity index is 2.01. The summed E-state index contributed by atoms with van der Waals surface area (Å²) in [6.45, 7) is 7.67. The summed E-state index contributed by atoms with van der Waals surface area (Å²) in [5.41, 5.74) is 2.72. The second-order valence-corrected chi connectivity index (χ2v) is 9.66. The Morgan fingerprint density at radius 2 is 1.47 bits per heavy atom. The fourth-order valence-corrected chi connectivity index (χ4v) is 3.89. The molecule has 0 fully saturated rings. The van der Waals surface area contributed by atoms with Gasteiger partial charge in [-0.2, -0.15) is 0 Å². The molecule has 5 heteroatoms. The number of carbonyl (C=O) groups excluding carboxylic acids is 2. The van der Waals surface area contributed by atoms with Crippen LogP contribution in [0, 0.1) is 12.7 Å². The second-order valence-electron chi connectivity index (χ2n) is 9.66. The zero-order chi connectivity index (χ0) is 24.7. The predicted octanol–water partition coefficient (Wildman–Crippen LogP) is 5.23. The van der Waals surface area contributed by atoms with Crippen molar-refractivity contribution in [1.29, 1.82) is 0 Å². The van der Waals surface area contributed by atoms with E-state index < -0.39 is 17.4 Å². The van der Waals surface area contributed by atoms with Gasteiger partial charge in [-0.1, -0.05) is 72.8 Å². The number of rotatable bonds is 8. The van der Waals surface area contributed by atoms with Crippen molar-refractivity contribution in [3.8, 4) is 0 Å². The minimum atomic E-state index is -0.794. The number of halogens is 1. The van der Waals surface area contributed by atoms with Crippen molar-refractivity contribution in [3.63, 3.8) is 0 Å². The standard InChI is InChI=1S/C29H33FN2O2/c1-21-12-8-9-15-23(21)19-27(33)32(20-24-16-10-11-17-25(24)30)26(28(34)31-29(2,3)4)18-22-13-6-5-7-14-22/h5-17,26H,18-20H2,1-4H3,(H,31,34)/t26-/m0/s1. The molecule has 0 aromatic heterocycles. The molecule has 0 aliphatic carbocycles. The zero-order valence-corrected chi connectivity index (χ0v) is 20.3. The van der Waals surface area contributed by atoms with Gasteiger partial charge in [-0.05, 0) is 50.5 Å². The molecule has 4 nitrogen and oxygen atoms in total. The van der Waals surface area contributed by atoms with Gasteiger partial charge in [0.1, 0.15) is 11.9 Å². The van der Waals surface area contributed by atoms with E-state index >= 15 is 0 Å². The van der Waals surface area contributed by atoms with E-state index in [1.807, 2.05) is 82.3 Å². The smallest absolute Gasteiger partial charge is 0.243 e. The molecule has 0 aliphatic heterocycles. The van der Waals surface area contributed by atoms with Gasteiger partial charge in [-0.15, -0.1) is 0 Å². The third-order valence-electron chi connectivity index (χ3n) is 5.67. The van der Waals surface area contributed by atoms with Crippen molar-refractivity contribution in [1.82, 2.24) is 10.2 Å². The topological polar surface area (TPSA) is 49.4 Å². The number of hydrogen-bond donors (Lipinski definition) is 1. The molecule has 0 bridgehead atoms. The van der Waals surface area contributed by atoms with Crippen LogP contribution in [0.25, 0.3) is 0 Å². The quantitative estimate of drug-likeness (QED) is 0.500. The largest absolute Gasteiger partial charge is 0.350 e. The number of nitrogens with one attached hydrogen (secondary N) is 1. The highest BCUT2D eigenvalue weighted by molar-refractivity contribution is 5.89. The molecule has 0 saturated carbocycles. The molecule has 0 unspecified atom stereocenters. The first-order valence-electron chi connectivity index (χ1n) is 11.6. The average molecular weight is 461 g/mol. The first-order chi connectivity index (χ1) is 16.1. The van der Waals surface area contributed by atoms with Gasteiger partial charge < -0.3 is 10.2 Å². The zero-order valence-electron chi connectivity index (χ0n) is 20.3. The van der Waals surface area contributed by atoms with Crippen LogP contribution in [0.4, 0.5) is 4.39 Å². The lowest BCUT2D eigenvalue weighted by atomic mass is 9.99. The minimum absolute atomic E-state index is 0.00640. The third kappa shape index (κ3) is 7.01. The molecule has 0 saturated heterocycles. The number of benzene rings is 3. The van der Waals surface area contributed by atoms with Crippen LogP contribution < -0.4 is 5.32 Å². The van der Waals surface area contributed by atoms with Crippen LogP contribution in [-0.2, 0) is 29.0 Å². The summed E-state index contributed by atoms with van der Waals surface area (Å²) >= 11 is 0. The predicted molar refractivity (Wildman–Crippen MR) is 134 cm³/mol. The number of nitrogens with zero attached hydrogens (tertiary/aromatic N) is 1. The Bertz CT molecular complexity index is 1120. The lowest BCUT2D eigenvalue weighted by molar-refractivity contribution is -0.141. The van der Waals surface area contributed by atoms with Crippen molar-refractivity contribution in [2.24, 2.45) is 0 Å².